The number of thiocarbonyl (C=S) groups is 1. The van der Waals surface area contributed by atoms with Crippen LogP contribution in [0.5, 0.6) is 0 Å². The molecule has 1 aliphatic rings. The summed E-state index contributed by atoms with van der Waals surface area (Å²) in [6.45, 7) is 0.848. The zero-order valence-electron chi connectivity index (χ0n) is 10.2. The van der Waals surface area contributed by atoms with Crippen LogP contribution in [0.25, 0.3) is 0 Å². The summed E-state index contributed by atoms with van der Waals surface area (Å²) >= 11 is 8.50. The van der Waals surface area contributed by atoms with Crippen LogP contribution in [0.2, 0.25) is 0 Å². The Kier molecular flexibility index (Phi) is 4.55. The highest BCUT2D eigenvalue weighted by atomic mass is 32.1. The molecule has 2 amide bonds. The number of amides is 2. The Morgan fingerprint density at radius 3 is 2.26 bits per heavy atom. The molecule has 0 fully saturated rings. The number of carbonyl (C=O) groups excluding carboxylic acids is 2. The third-order valence-electron chi connectivity index (χ3n) is 2.88. The molecule has 1 aromatic rings. The number of nitrogens with zero attached hydrogens (tertiary/aromatic N) is 1. The topological polar surface area (TPSA) is 46.6 Å². The molecule has 0 bridgehead atoms. The lowest BCUT2D eigenvalue weighted by Crippen LogP contribution is -2.30. The maximum atomic E-state index is 12.0. The zero-order chi connectivity index (χ0) is 13.8. The first-order chi connectivity index (χ1) is 9.11. The van der Waals surface area contributed by atoms with Crippen molar-refractivity contribution in [3.05, 3.63) is 35.4 Å². The number of ether oxygens (including phenoxy) is 1. The number of hydrogen-bond acceptors (Lipinski definition) is 4. The van der Waals surface area contributed by atoms with Crippen LogP contribution in [0.1, 0.15) is 33.6 Å². The van der Waals surface area contributed by atoms with Gasteiger partial charge in [0.2, 0.25) is 4.38 Å². The number of unbranched alkanes of at least 4 members (excludes halogenated alkanes) is 1. The molecule has 0 unspecified atom stereocenters. The van der Waals surface area contributed by atoms with Crippen molar-refractivity contribution in [2.24, 2.45) is 0 Å². The molecule has 1 aliphatic heterocycles. The second kappa shape index (κ2) is 6.16. The summed E-state index contributed by atoms with van der Waals surface area (Å²) in [6, 6.07) is 6.88. The Morgan fingerprint density at radius 2 is 1.74 bits per heavy atom. The quantitative estimate of drug-likeness (QED) is 0.392. The molecule has 0 spiro atoms. The molecule has 100 valence electrons. The fourth-order valence-electron chi connectivity index (χ4n) is 1.97. The van der Waals surface area contributed by atoms with Gasteiger partial charge in [0.25, 0.3) is 11.8 Å². The Bertz CT molecular complexity index is 495. The first kappa shape index (κ1) is 14.0. The van der Waals surface area contributed by atoms with E-state index in [-0.39, 0.29) is 16.2 Å². The second-order valence-corrected chi connectivity index (χ2v) is 5.21. The van der Waals surface area contributed by atoms with Gasteiger partial charge in [0.1, 0.15) is 0 Å². The molecule has 0 aliphatic carbocycles. The van der Waals surface area contributed by atoms with E-state index in [0.717, 1.165) is 0 Å². The van der Waals surface area contributed by atoms with Gasteiger partial charge in [-0.25, -0.2) is 0 Å². The summed E-state index contributed by atoms with van der Waals surface area (Å²) in [7, 11) is 0. The maximum absolute atomic E-state index is 12.0. The zero-order valence-corrected chi connectivity index (χ0v) is 11.9. The fraction of sp³-hybridized carbons (Fsp3) is 0.308. The van der Waals surface area contributed by atoms with Crippen molar-refractivity contribution >= 4 is 41.0 Å². The third-order valence-corrected chi connectivity index (χ3v) is 3.13. The van der Waals surface area contributed by atoms with Crippen LogP contribution in [-0.2, 0) is 4.74 Å². The molecule has 2 rings (SSSR count). The van der Waals surface area contributed by atoms with Crippen LogP contribution < -0.4 is 0 Å². The van der Waals surface area contributed by atoms with Crippen molar-refractivity contribution in [1.29, 1.82) is 0 Å². The molecule has 4 nitrogen and oxygen atoms in total. The largest absolute Gasteiger partial charge is 0.479 e. The monoisotopic (exact) mass is 295 g/mol. The van der Waals surface area contributed by atoms with Crippen LogP contribution in [0, 0.1) is 0 Å². The van der Waals surface area contributed by atoms with E-state index in [1.807, 2.05) is 0 Å². The van der Waals surface area contributed by atoms with Crippen LogP contribution in [-0.4, -0.2) is 34.2 Å². The molecule has 1 aromatic carbocycles. The van der Waals surface area contributed by atoms with Crippen LogP contribution >= 0.6 is 24.8 Å². The molecule has 1 heterocycles. The smallest absolute Gasteiger partial charge is 0.261 e. The van der Waals surface area contributed by atoms with E-state index >= 15 is 0 Å². The lowest BCUT2D eigenvalue weighted by atomic mass is 10.1. The average Bonchev–Trinajstić information content (AvgIpc) is 2.63. The second-order valence-electron chi connectivity index (χ2n) is 4.13. The summed E-state index contributed by atoms with van der Waals surface area (Å²) in [5.74, 6) is -0.433. The van der Waals surface area contributed by atoms with Crippen molar-refractivity contribution in [1.82, 2.24) is 4.90 Å². The van der Waals surface area contributed by atoms with Gasteiger partial charge in [-0.05, 0) is 37.2 Å². The van der Waals surface area contributed by atoms with Crippen LogP contribution in [0.15, 0.2) is 24.3 Å². The molecule has 0 radical (unpaired) electrons. The number of rotatable bonds is 5. The lowest BCUT2D eigenvalue weighted by Gasteiger charge is -2.13. The highest BCUT2D eigenvalue weighted by Gasteiger charge is 2.34. The normalized spacial score (nSPS) is 13.6. The molecule has 19 heavy (non-hydrogen) atoms. The van der Waals surface area contributed by atoms with E-state index in [4.69, 9.17) is 4.74 Å². The number of fused-ring (bicyclic) bond motifs is 1. The van der Waals surface area contributed by atoms with E-state index in [9.17, 15) is 9.59 Å². The van der Waals surface area contributed by atoms with E-state index in [2.05, 4.69) is 24.8 Å². The number of carbonyl (C=O) groups is 2. The van der Waals surface area contributed by atoms with Gasteiger partial charge in [-0.2, -0.15) is 0 Å². The average molecular weight is 295 g/mol. The summed E-state index contributed by atoms with van der Waals surface area (Å²) < 4.78 is 5.24. The van der Waals surface area contributed by atoms with Crippen LogP contribution in [0.4, 0.5) is 0 Å². The number of hydrogen-bond donors (Lipinski definition) is 1. The van der Waals surface area contributed by atoms with Gasteiger partial charge in [-0.1, -0.05) is 24.8 Å². The van der Waals surface area contributed by atoms with Crippen molar-refractivity contribution < 1.29 is 14.3 Å². The number of benzene rings is 1. The van der Waals surface area contributed by atoms with Crippen molar-refractivity contribution in [2.45, 2.75) is 12.8 Å². The van der Waals surface area contributed by atoms with Crippen molar-refractivity contribution in [3.63, 3.8) is 0 Å². The molecule has 0 N–H and O–H groups in total. The predicted molar refractivity (Wildman–Crippen MR) is 78.6 cm³/mol. The number of thiol groups is 1. The van der Waals surface area contributed by atoms with Gasteiger partial charge < -0.3 is 4.74 Å². The van der Waals surface area contributed by atoms with E-state index in [1.165, 1.54) is 4.90 Å². The van der Waals surface area contributed by atoms with Gasteiger partial charge in [0.05, 0.1) is 17.7 Å². The molecule has 6 heteroatoms. The Morgan fingerprint density at radius 1 is 1.16 bits per heavy atom. The summed E-state index contributed by atoms with van der Waals surface area (Å²) in [5.41, 5.74) is 0.973. The van der Waals surface area contributed by atoms with Crippen LogP contribution in [0.3, 0.4) is 0 Å². The fourth-order valence-corrected chi connectivity index (χ4v) is 2.15. The van der Waals surface area contributed by atoms with Gasteiger partial charge >= 0.3 is 0 Å². The number of imide groups is 1. The first-order valence-corrected chi connectivity index (χ1v) is 6.78. The van der Waals surface area contributed by atoms with Gasteiger partial charge in [-0.15, -0.1) is 0 Å². The summed E-state index contributed by atoms with van der Waals surface area (Å²) in [5, 5.41) is 0. The third kappa shape index (κ3) is 3.13. The van der Waals surface area contributed by atoms with Gasteiger partial charge in [0, 0.05) is 6.54 Å². The maximum Gasteiger partial charge on any atom is 0.261 e. The van der Waals surface area contributed by atoms with E-state index < -0.39 is 0 Å². The minimum absolute atomic E-state index is 0.209. The lowest BCUT2D eigenvalue weighted by molar-refractivity contribution is 0.0649. The molecular formula is C13H13NO3S2. The Labute approximate surface area is 122 Å². The highest BCUT2D eigenvalue weighted by molar-refractivity contribution is 8.10. The molecular weight excluding hydrogens is 282 g/mol. The Hall–Kier alpha value is -1.40. The Balaban J connectivity index is 1.88. The first-order valence-electron chi connectivity index (χ1n) is 5.92. The standard InChI is InChI=1S/C13H13NO3S2/c15-11-9-5-1-2-6-10(9)12(16)14(11)7-3-4-8-17-13(18)19/h1-2,5-6H,3-4,7-8H2,(H,18,19). The van der Waals surface area contributed by atoms with E-state index in [1.54, 1.807) is 24.3 Å². The SMILES string of the molecule is O=C1c2ccccc2C(=O)N1CCCCOC(=S)S. The van der Waals surface area contributed by atoms with Crippen molar-refractivity contribution in [3.8, 4) is 0 Å². The minimum Gasteiger partial charge on any atom is -0.479 e. The van der Waals surface area contributed by atoms with Gasteiger partial charge in [-0.3, -0.25) is 14.5 Å². The molecule has 0 atom stereocenters. The highest BCUT2D eigenvalue weighted by Crippen LogP contribution is 2.22. The van der Waals surface area contributed by atoms with Crippen molar-refractivity contribution in [2.75, 3.05) is 13.2 Å². The molecule has 0 aromatic heterocycles. The summed E-state index contributed by atoms with van der Waals surface area (Å²) in [6.07, 6.45) is 1.40. The predicted octanol–water partition coefficient (Wildman–Crippen LogP) is 2.29. The van der Waals surface area contributed by atoms with E-state index in [0.29, 0.717) is 37.1 Å². The molecule has 0 saturated carbocycles. The molecule has 0 saturated heterocycles. The minimum atomic E-state index is -0.216. The van der Waals surface area contributed by atoms with Gasteiger partial charge in [0.15, 0.2) is 0 Å². The summed E-state index contributed by atoms with van der Waals surface area (Å²) in [4.78, 5) is 25.3.